The summed E-state index contributed by atoms with van der Waals surface area (Å²) in [5, 5.41) is 9.44. The highest BCUT2D eigenvalue weighted by Crippen LogP contribution is 2.22. The predicted molar refractivity (Wildman–Crippen MR) is 140 cm³/mol. The van der Waals surface area contributed by atoms with Crippen molar-refractivity contribution in [1.29, 1.82) is 0 Å². The minimum absolute atomic E-state index is 0.728. The van der Waals surface area contributed by atoms with Gasteiger partial charge in [0.1, 0.15) is 5.82 Å². The third-order valence-electron chi connectivity index (χ3n) is 7.01. The van der Waals surface area contributed by atoms with E-state index < -0.39 is 0 Å². The van der Waals surface area contributed by atoms with Gasteiger partial charge in [0.25, 0.3) is 0 Å². The molecule has 0 radical (unpaired) electrons. The van der Waals surface area contributed by atoms with Crippen LogP contribution in [0, 0.1) is 6.92 Å². The topological polar surface area (TPSA) is 76.2 Å². The number of imidazole rings is 1. The van der Waals surface area contributed by atoms with Crippen LogP contribution in [0.3, 0.4) is 0 Å². The monoisotopic (exact) mass is 468 g/mol. The van der Waals surface area contributed by atoms with E-state index in [2.05, 4.69) is 46.0 Å². The lowest BCUT2D eigenvalue weighted by Crippen LogP contribution is -2.31. The number of aryl methyl sites for hydroxylation is 3. The van der Waals surface area contributed by atoms with Crippen molar-refractivity contribution in [2.24, 2.45) is 0 Å². The van der Waals surface area contributed by atoms with Gasteiger partial charge in [0.05, 0.1) is 16.6 Å². The van der Waals surface area contributed by atoms with Gasteiger partial charge in [-0.05, 0) is 70.1 Å². The third-order valence-corrected chi connectivity index (χ3v) is 7.01. The summed E-state index contributed by atoms with van der Waals surface area (Å²) in [5.74, 6) is 2.59. The van der Waals surface area contributed by atoms with Gasteiger partial charge < -0.3 is 14.8 Å². The molecule has 0 atom stereocenters. The highest BCUT2D eigenvalue weighted by Gasteiger charge is 2.15. The average molecular weight is 469 g/mol. The standard InChI is InChI=1S/C27H32N8/c1-20-29-23-12-5-6-13-24(23)34(20)19-14-25-31-26-21-10-3-4-11-22(21)30-27(35(26)32-25)28-15-9-18-33-16-7-2-8-17-33/h3-6,10-13H,2,7-9,14-19H2,1H3,(H,28,30). The summed E-state index contributed by atoms with van der Waals surface area (Å²) in [6.07, 6.45) is 5.85. The number of nitrogens with zero attached hydrogens (tertiary/aromatic N) is 7. The van der Waals surface area contributed by atoms with Gasteiger partial charge in [0, 0.05) is 24.9 Å². The van der Waals surface area contributed by atoms with Crippen molar-refractivity contribution in [2.45, 2.75) is 45.6 Å². The number of piperidine rings is 1. The maximum Gasteiger partial charge on any atom is 0.226 e. The van der Waals surface area contributed by atoms with Crippen molar-refractivity contribution in [1.82, 2.24) is 34.0 Å². The minimum Gasteiger partial charge on any atom is -0.354 e. The molecule has 3 aromatic heterocycles. The lowest BCUT2D eigenvalue weighted by molar-refractivity contribution is 0.228. The van der Waals surface area contributed by atoms with Crippen LogP contribution in [0.1, 0.15) is 37.3 Å². The molecule has 1 aliphatic heterocycles. The highest BCUT2D eigenvalue weighted by molar-refractivity contribution is 5.92. The zero-order chi connectivity index (χ0) is 23.6. The fourth-order valence-corrected chi connectivity index (χ4v) is 5.19. The van der Waals surface area contributed by atoms with Crippen LogP contribution in [0.2, 0.25) is 0 Å². The summed E-state index contributed by atoms with van der Waals surface area (Å²) < 4.78 is 4.13. The molecule has 0 bridgehead atoms. The second kappa shape index (κ2) is 9.62. The van der Waals surface area contributed by atoms with Crippen LogP contribution in [-0.4, -0.2) is 60.2 Å². The summed E-state index contributed by atoms with van der Waals surface area (Å²) in [4.78, 5) is 17.1. The van der Waals surface area contributed by atoms with Crippen LogP contribution in [0.5, 0.6) is 0 Å². The van der Waals surface area contributed by atoms with Crippen molar-refractivity contribution < 1.29 is 0 Å². The van der Waals surface area contributed by atoms with Gasteiger partial charge in [-0.25, -0.2) is 15.0 Å². The van der Waals surface area contributed by atoms with Gasteiger partial charge in [-0.1, -0.05) is 30.7 Å². The molecule has 1 aliphatic rings. The van der Waals surface area contributed by atoms with Crippen LogP contribution in [0.25, 0.3) is 27.6 Å². The Balaban J connectivity index is 1.23. The van der Waals surface area contributed by atoms with E-state index in [1.165, 1.54) is 32.4 Å². The zero-order valence-corrected chi connectivity index (χ0v) is 20.3. The zero-order valence-electron chi connectivity index (χ0n) is 20.3. The van der Waals surface area contributed by atoms with E-state index in [0.29, 0.717) is 0 Å². The number of hydrogen-bond acceptors (Lipinski definition) is 6. The first-order valence-corrected chi connectivity index (χ1v) is 12.8. The van der Waals surface area contributed by atoms with Crippen LogP contribution in [0.4, 0.5) is 5.95 Å². The first kappa shape index (κ1) is 22.0. The van der Waals surface area contributed by atoms with Gasteiger partial charge in [0.2, 0.25) is 5.95 Å². The Morgan fingerprint density at radius 3 is 2.54 bits per heavy atom. The first-order chi connectivity index (χ1) is 17.3. The van der Waals surface area contributed by atoms with Crippen molar-refractivity contribution in [3.63, 3.8) is 0 Å². The summed E-state index contributed by atoms with van der Waals surface area (Å²) in [7, 11) is 0. The number of fused-ring (bicyclic) bond motifs is 4. The number of hydrogen-bond donors (Lipinski definition) is 1. The van der Waals surface area contributed by atoms with Gasteiger partial charge >= 0.3 is 0 Å². The van der Waals surface area contributed by atoms with E-state index in [9.17, 15) is 0 Å². The van der Waals surface area contributed by atoms with Crippen LogP contribution < -0.4 is 5.32 Å². The molecule has 5 aromatic rings. The normalized spacial score (nSPS) is 14.9. The SMILES string of the molecule is Cc1nc2ccccc2n1CCc1nc2c3ccccc3nc(NCCCN3CCCCC3)n2n1. The Hall–Kier alpha value is -3.52. The molecule has 0 spiro atoms. The van der Waals surface area contributed by atoms with E-state index in [1.54, 1.807) is 0 Å². The molecular weight excluding hydrogens is 436 g/mol. The predicted octanol–water partition coefficient (Wildman–Crippen LogP) is 4.47. The maximum absolute atomic E-state index is 4.94. The second-order valence-electron chi connectivity index (χ2n) is 9.45. The van der Waals surface area contributed by atoms with Crippen molar-refractivity contribution in [3.8, 4) is 0 Å². The number of likely N-dealkylation sites (tertiary alicyclic amines) is 1. The number of anilines is 1. The molecule has 0 unspecified atom stereocenters. The largest absolute Gasteiger partial charge is 0.354 e. The Morgan fingerprint density at radius 1 is 0.857 bits per heavy atom. The third kappa shape index (κ3) is 4.46. The Kier molecular flexibility index (Phi) is 6.04. The molecule has 0 aliphatic carbocycles. The van der Waals surface area contributed by atoms with E-state index in [-0.39, 0.29) is 0 Å². The fraction of sp³-hybridized carbons (Fsp3) is 0.407. The quantitative estimate of drug-likeness (QED) is 0.339. The Labute approximate surface area is 205 Å². The molecule has 35 heavy (non-hydrogen) atoms. The Bertz CT molecular complexity index is 1460. The average Bonchev–Trinajstić information content (AvgIpc) is 3.46. The van der Waals surface area contributed by atoms with Crippen LogP contribution in [-0.2, 0) is 13.0 Å². The summed E-state index contributed by atoms with van der Waals surface area (Å²) in [6, 6.07) is 16.4. The van der Waals surface area contributed by atoms with E-state index in [4.69, 9.17) is 20.1 Å². The molecule has 8 heteroatoms. The smallest absolute Gasteiger partial charge is 0.226 e. The van der Waals surface area contributed by atoms with Gasteiger partial charge in [-0.2, -0.15) is 4.52 Å². The molecule has 6 rings (SSSR count). The second-order valence-corrected chi connectivity index (χ2v) is 9.45. The molecular formula is C27H32N8. The summed E-state index contributed by atoms with van der Waals surface area (Å²) in [5.41, 5.74) is 3.97. The lowest BCUT2D eigenvalue weighted by Gasteiger charge is -2.26. The number of rotatable bonds is 8. The first-order valence-electron chi connectivity index (χ1n) is 12.8. The molecule has 1 fully saturated rings. The molecule has 0 saturated carbocycles. The van der Waals surface area contributed by atoms with E-state index in [0.717, 1.165) is 77.7 Å². The van der Waals surface area contributed by atoms with E-state index in [1.807, 2.05) is 28.8 Å². The molecule has 1 N–H and O–H groups in total. The molecule has 0 amide bonds. The van der Waals surface area contributed by atoms with Gasteiger partial charge in [-0.3, -0.25) is 0 Å². The fourth-order valence-electron chi connectivity index (χ4n) is 5.19. The van der Waals surface area contributed by atoms with Crippen molar-refractivity contribution >= 4 is 33.5 Å². The maximum atomic E-state index is 4.94. The minimum atomic E-state index is 0.728. The van der Waals surface area contributed by atoms with Crippen molar-refractivity contribution in [2.75, 3.05) is 31.5 Å². The van der Waals surface area contributed by atoms with Crippen LogP contribution in [0.15, 0.2) is 48.5 Å². The van der Waals surface area contributed by atoms with E-state index >= 15 is 0 Å². The summed E-state index contributed by atoms with van der Waals surface area (Å²) in [6.45, 7) is 7.30. The van der Waals surface area contributed by atoms with Crippen molar-refractivity contribution in [3.05, 3.63) is 60.2 Å². The molecule has 4 heterocycles. The molecule has 1 saturated heterocycles. The van der Waals surface area contributed by atoms with Gasteiger partial charge in [0.15, 0.2) is 11.5 Å². The molecule has 180 valence electrons. The summed E-state index contributed by atoms with van der Waals surface area (Å²) >= 11 is 0. The molecule has 8 nitrogen and oxygen atoms in total. The Morgan fingerprint density at radius 2 is 1.66 bits per heavy atom. The number of benzene rings is 2. The van der Waals surface area contributed by atoms with Gasteiger partial charge in [-0.15, -0.1) is 5.10 Å². The molecule has 2 aromatic carbocycles. The van der Waals surface area contributed by atoms with Crippen LogP contribution >= 0.6 is 0 Å². The highest BCUT2D eigenvalue weighted by atomic mass is 15.4. The number of aromatic nitrogens is 6. The number of para-hydroxylation sites is 3. The lowest BCUT2D eigenvalue weighted by atomic mass is 10.1. The number of nitrogens with one attached hydrogen (secondary N) is 1.